The molecular formula is C10H6N4O2. The van der Waals surface area contributed by atoms with Crippen molar-refractivity contribution in [1.29, 1.82) is 0 Å². The maximum atomic E-state index is 10.8. The number of tetrazole rings is 1. The molecule has 16 heavy (non-hydrogen) atoms. The third kappa shape index (κ3) is 1.13. The van der Waals surface area contributed by atoms with Crippen molar-refractivity contribution in [2.24, 2.45) is 0 Å². The minimum Gasteiger partial charge on any atom is -0.478 e. The molecule has 3 aromatic rings. The molecule has 0 aliphatic carbocycles. The molecule has 0 bridgehead atoms. The minimum atomic E-state index is -0.946. The van der Waals surface area contributed by atoms with E-state index in [4.69, 9.17) is 5.11 Å². The normalized spacial score (nSPS) is 11.0. The van der Waals surface area contributed by atoms with E-state index in [-0.39, 0.29) is 5.56 Å². The Labute approximate surface area is 89.1 Å². The summed E-state index contributed by atoms with van der Waals surface area (Å²) >= 11 is 0. The molecule has 0 fully saturated rings. The summed E-state index contributed by atoms with van der Waals surface area (Å²) in [6.45, 7) is 0. The SMILES string of the molecule is O=C(O)c1ccc2c(ccc3nnnn32)c1. The highest BCUT2D eigenvalue weighted by molar-refractivity contribution is 5.93. The van der Waals surface area contributed by atoms with E-state index in [2.05, 4.69) is 15.5 Å². The molecule has 0 saturated heterocycles. The van der Waals surface area contributed by atoms with Gasteiger partial charge in [0.25, 0.3) is 0 Å². The molecule has 6 nitrogen and oxygen atoms in total. The van der Waals surface area contributed by atoms with Gasteiger partial charge in [-0.15, -0.1) is 5.10 Å². The number of benzene rings is 1. The first kappa shape index (κ1) is 8.78. The molecule has 6 heteroatoms. The average molecular weight is 214 g/mol. The van der Waals surface area contributed by atoms with E-state index in [1.54, 1.807) is 28.8 Å². The lowest BCUT2D eigenvalue weighted by Gasteiger charge is -2.00. The van der Waals surface area contributed by atoms with Crippen molar-refractivity contribution < 1.29 is 9.90 Å². The zero-order chi connectivity index (χ0) is 11.1. The zero-order valence-electron chi connectivity index (χ0n) is 8.03. The first-order chi connectivity index (χ1) is 7.75. The van der Waals surface area contributed by atoms with E-state index >= 15 is 0 Å². The second kappa shape index (κ2) is 2.99. The summed E-state index contributed by atoms with van der Waals surface area (Å²) in [6, 6.07) is 8.37. The van der Waals surface area contributed by atoms with Crippen LogP contribution >= 0.6 is 0 Å². The number of fused-ring (bicyclic) bond motifs is 3. The smallest absolute Gasteiger partial charge is 0.335 e. The molecule has 2 aromatic heterocycles. The predicted octanol–water partition coefficient (Wildman–Crippen LogP) is 0.976. The van der Waals surface area contributed by atoms with Crippen molar-refractivity contribution in [2.45, 2.75) is 0 Å². The highest BCUT2D eigenvalue weighted by Gasteiger charge is 2.06. The van der Waals surface area contributed by atoms with E-state index in [0.29, 0.717) is 5.65 Å². The van der Waals surface area contributed by atoms with Crippen LogP contribution in [0, 0.1) is 0 Å². The minimum absolute atomic E-state index is 0.250. The van der Waals surface area contributed by atoms with Crippen molar-refractivity contribution in [1.82, 2.24) is 20.0 Å². The quantitative estimate of drug-likeness (QED) is 0.653. The fourth-order valence-corrected chi connectivity index (χ4v) is 1.65. The Balaban J connectivity index is 2.41. The Morgan fingerprint density at radius 1 is 1.25 bits per heavy atom. The van der Waals surface area contributed by atoms with E-state index in [0.717, 1.165) is 10.9 Å². The first-order valence-corrected chi connectivity index (χ1v) is 4.60. The summed E-state index contributed by atoms with van der Waals surface area (Å²) in [7, 11) is 0. The Hall–Kier alpha value is -2.50. The number of pyridine rings is 1. The highest BCUT2D eigenvalue weighted by Crippen LogP contribution is 2.16. The van der Waals surface area contributed by atoms with Gasteiger partial charge in [-0.2, -0.15) is 4.52 Å². The number of carboxylic acids is 1. The van der Waals surface area contributed by atoms with Gasteiger partial charge in [-0.3, -0.25) is 0 Å². The van der Waals surface area contributed by atoms with Crippen LogP contribution in [0.5, 0.6) is 0 Å². The fraction of sp³-hybridized carbons (Fsp3) is 0. The first-order valence-electron chi connectivity index (χ1n) is 4.60. The molecule has 1 aromatic carbocycles. The van der Waals surface area contributed by atoms with Gasteiger partial charge in [0.05, 0.1) is 11.1 Å². The molecule has 0 radical (unpaired) electrons. The summed E-state index contributed by atoms with van der Waals surface area (Å²) in [5.74, 6) is -0.946. The molecule has 0 saturated carbocycles. The second-order valence-electron chi connectivity index (χ2n) is 3.36. The largest absolute Gasteiger partial charge is 0.478 e. The fourth-order valence-electron chi connectivity index (χ4n) is 1.65. The third-order valence-electron chi connectivity index (χ3n) is 2.41. The lowest BCUT2D eigenvalue weighted by Crippen LogP contribution is -1.97. The Morgan fingerprint density at radius 2 is 2.12 bits per heavy atom. The van der Waals surface area contributed by atoms with Gasteiger partial charge in [0.1, 0.15) is 0 Å². The number of aromatic carboxylic acids is 1. The summed E-state index contributed by atoms with van der Waals surface area (Å²) < 4.78 is 1.57. The standard InChI is InChI=1S/C10H6N4O2/c15-10(16)7-1-3-8-6(5-7)2-4-9-11-12-13-14(8)9/h1-5H,(H,15,16). The molecule has 78 valence electrons. The van der Waals surface area contributed by atoms with Gasteiger partial charge in [0.2, 0.25) is 0 Å². The van der Waals surface area contributed by atoms with Gasteiger partial charge >= 0.3 is 5.97 Å². The van der Waals surface area contributed by atoms with Gasteiger partial charge in [-0.05, 0) is 40.8 Å². The second-order valence-corrected chi connectivity index (χ2v) is 3.36. The highest BCUT2D eigenvalue weighted by atomic mass is 16.4. The van der Waals surface area contributed by atoms with Crippen LogP contribution in [0.25, 0.3) is 16.6 Å². The molecule has 0 unspecified atom stereocenters. The van der Waals surface area contributed by atoms with Crippen LogP contribution in [0.1, 0.15) is 10.4 Å². The van der Waals surface area contributed by atoms with Crippen molar-refractivity contribution >= 4 is 22.5 Å². The molecule has 0 atom stereocenters. The van der Waals surface area contributed by atoms with Crippen LogP contribution in [0.2, 0.25) is 0 Å². The Kier molecular flexibility index (Phi) is 1.64. The summed E-state index contributed by atoms with van der Waals surface area (Å²) in [5, 5.41) is 20.9. The molecule has 0 amide bonds. The maximum absolute atomic E-state index is 10.8. The molecule has 0 spiro atoms. The molecule has 2 heterocycles. The monoisotopic (exact) mass is 214 g/mol. The maximum Gasteiger partial charge on any atom is 0.335 e. The molecule has 1 N–H and O–H groups in total. The van der Waals surface area contributed by atoms with Crippen LogP contribution in [0.3, 0.4) is 0 Å². The van der Waals surface area contributed by atoms with Gasteiger partial charge in [-0.1, -0.05) is 0 Å². The van der Waals surface area contributed by atoms with Crippen LogP contribution in [-0.4, -0.2) is 31.1 Å². The topological polar surface area (TPSA) is 80.4 Å². The van der Waals surface area contributed by atoms with Crippen molar-refractivity contribution in [3.05, 3.63) is 35.9 Å². The molecule has 0 aliphatic rings. The lowest BCUT2D eigenvalue weighted by molar-refractivity contribution is 0.0697. The molecule has 0 aliphatic heterocycles. The Bertz CT molecular complexity index is 704. The third-order valence-corrected chi connectivity index (χ3v) is 2.41. The zero-order valence-corrected chi connectivity index (χ0v) is 8.03. The number of hydrogen-bond donors (Lipinski definition) is 1. The van der Waals surface area contributed by atoms with Gasteiger partial charge < -0.3 is 5.11 Å². The van der Waals surface area contributed by atoms with E-state index < -0.39 is 5.97 Å². The number of carboxylic acid groups (broad SMARTS) is 1. The number of nitrogens with zero attached hydrogens (tertiary/aromatic N) is 4. The number of carbonyl (C=O) groups is 1. The van der Waals surface area contributed by atoms with Gasteiger partial charge in [0, 0.05) is 5.39 Å². The van der Waals surface area contributed by atoms with Crippen molar-refractivity contribution in [2.75, 3.05) is 0 Å². The molecule has 3 rings (SSSR count). The van der Waals surface area contributed by atoms with Gasteiger partial charge in [0.15, 0.2) is 5.65 Å². The van der Waals surface area contributed by atoms with Crippen LogP contribution in [0.15, 0.2) is 30.3 Å². The van der Waals surface area contributed by atoms with E-state index in [1.807, 2.05) is 0 Å². The Morgan fingerprint density at radius 3 is 2.94 bits per heavy atom. The summed E-state index contributed by atoms with van der Waals surface area (Å²) in [5.41, 5.74) is 1.67. The summed E-state index contributed by atoms with van der Waals surface area (Å²) in [4.78, 5) is 10.8. The summed E-state index contributed by atoms with van der Waals surface area (Å²) in [6.07, 6.45) is 0. The predicted molar refractivity (Wildman–Crippen MR) is 55.2 cm³/mol. The van der Waals surface area contributed by atoms with Crippen molar-refractivity contribution in [3.8, 4) is 0 Å². The van der Waals surface area contributed by atoms with E-state index in [1.165, 1.54) is 6.07 Å². The number of rotatable bonds is 1. The number of aromatic nitrogens is 4. The lowest BCUT2D eigenvalue weighted by atomic mass is 10.1. The number of hydrogen-bond acceptors (Lipinski definition) is 4. The van der Waals surface area contributed by atoms with Crippen molar-refractivity contribution in [3.63, 3.8) is 0 Å². The van der Waals surface area contributed by atoms with Crippen LogP contribution < -0.4 is 0 Å². The van der Waals surface area contributed by atoms with Gasteiger partial charge in [-0.25, -0.2) is 4.79 Å². The molecular weight excluding hydrogens is 208 g/mol. The van der Waals surface area contributed by atoms with Crippen LogP contribution in [-0.2, 0) is 0 Å². The average Bonchev–Trinajstić information content (AvgIpc) is 2.76. The van der Waals surface area contributed by atoms with Crippen LogP contribution in [0.4, 0.5) is 0 Å². The van der Waals surface area contributed by atoms with E-state index in [9.17, 15) is 4.79 Å².